The van der Waals surface area contributed by atoms with Crippen molar-refractivity contribution in [3.05, 3.63) is 153 Å². The first-order valence-corrected chi connectivity index (χ1v) is 31.7. The zero-order chi connectivity index (χ0) is 40.6. The maximum Gasteiger partial charge on any atom is 0.0896 e. The van der Waals surface area contributed by atoms with Crippen LogP contribution in [0.4, 0.5) is 0 Å². The summed E-state index contributed by atoms with van der Waals surface area (Å²) in [6, 6.07) is 35.4. The molecule has 0 atom stereocenters. The van der Waals surface area contributed by atoms with E-state index < -0.39 is 18.0 Å². The summed E-state index contributed by atoms with van der Waals surface area (Å²) in [6.07, 6.45) is 0. The fourth-order valence-corrected chi connectivity index (χ4v) is 7.65. The van der Waals surface area contributed by atoms with Crippen LogP contribution in [0.1, 0.15) is 56.0 Å². The largest absolute Gasteiger partial charge is 0.496 e. The van der Waals surface area contributed by atoms with Gasteiger partial charge in [0.1, 0.15) is 0 Å². The maximum absolute atomic E-state index is 5.84. The molecular formula is C50H52Cl2O2SiZr-2. The van der Waals surface area contributed by atoms with Crippen molar-refractivity contribution in [1.29, 1.82) is 0 Å². The van der Waals surface area contributed by atoms with Gasteiger partial charge in [-0.15, -0.1) is 57.9 Å². The Kier molecular flexibility index (Phi) is 13.1. The molecule has 0 fully saturated rings. The van der Waals surface area contributed by atoms with Gasteiger partial charge in [0.05, 0.1) is 23.0 Å². The van der Waals surface area contributed by atoms with Gasteiger partial charge in [-0.1, -0.05) is 92.0 Å². The van der Waals surface area contributed by atoms with Crippen LogP contribution in [0.15, 0.2) is 106 Å². The molecule has 0 amide bonds. The van der Waals surface area contributed by atoms with Gasteiger partial charge in [0.2, 0.25) is 0 Å². The first-order chi connectivity index (χ1) is 26.5. The summed E-state index contributed by atoms with van der Waals surface area (Å²) in [4.78, 5) is 0. The summed E-state index contributed by atoms with van der Waals surface area (Å²) in [7, 11) is 11.2. The Balaban J connectivity index is 0.000000166. The SMILES string of the molecule is C[Si](C)=[Zr]([Cl])[Cl].Cc1cc(C)cc(-c2c(C)c(C)cc3[cH-]c(-c4ccc(C)o4)cc23)c1.Cc1cc(C)cc(-c2c(C)c(C)cc3[cH-]c(-c4ccc(C)o4)cc23)c1. The number of rotatable bonds is 4. The smallest absolute Gasteiger partial charge is 0.0896 e. The normalized spacial score (nSPS) is 11.0. The van der Waals surface area contributed by atoms with Crippen LogP contribution in [-0.2, 0) is 18.0 Å². The van der Waals surface area contributed by atoms with Gasteiger partial charge < -0.3 is 8.83 Å². The van der Waals surface area contributed by atoms with Crippen molar-refractivity contribution in [2.45, 2.75) is 82.3 Å². The molecule has 0 unspecified atom stereocenters. The van der Waals surface area contributed by atoms with Gasteiger partial charge in [-0.25, -0.2) is 0 Å². The number of aryl methyl sites for hydroxylation is 8. The van der Waals surface area contributed by atoms with Crippen molar-refractivity contribution in [3.8, 4) is 44.9 Å². The molecule has 8 aromatic rings. The number of benzene rings is 4. The monoisotopic (exact) mass is 872 g/mol. The van der Waals surface area contributed by atoms with Crippen molar-refractivity contribution in [2.24, 2.45) is 0 Å². The second-order valence-electron chi connectivity index (χ2n) is 15.7. The molecule has 2 heterocycles. The van der Waals surface area contributed by atoms with Gasteiger partial charge in [0.15, 0.2) is 0 Å². The van der Waals surface area contributed by atoms with Crippen molar-refractivity contribution < 1.29 is 26.8 Å². The molecule has 0 bridgehead atoms. The third kappa shape index (κ3) is 9.37. The quantitative estimate of drug-likeness (QED) is 0.130. The van der Waals surface area contributed by atoms with Crippen LogP contribution in [0.2, 0.25) is 13.1 Å². The van der Waals surface area contributed by atoms with E-state index in [0.717, 1.165) is 34.2 Å². The van der Waals surface area contributed by atoms with E-state index in [1.807, 2.05) is 26.0 Å². The average molecular weight is 875 g/mol. The van der Waals surface area contributed by atoms with Crippen LogP contribution in [0.25, 0.3) is 66.4 Å². The van der Waals surface area contributed by atoms with Crippen molar-refractivity contribution in [2.75, 3.05) is 0 Å². The van der Waals surface area contributed by atoms with Crippen molar-refractivity contribution in [3.63, 3.8) is 0 Å². The summed E-state index contributed by atoms with van der Waals surface area (Å²) < 4.78 is 11.7. The number of fused-ring (bicyclic) bond motifs is 2. The summed E-state index contributed by atoms with van der Waals surface area (Å²) in [6.45, 7) is 25.8. The van der Waals surface area contributed by atoms with Crippen molar-refractivity contribution in [1.82, 2.24) is 0 Å². The fraction of sp³-hybridized carbons (Fsp3) is 0.240. The molecule has 0 saturated heterocycles. The van der Waals surface area contributed by atoms with E-state index in [0.29, 0.717) is 0 Å². The Morgan fingerprint density at radius 2 is 0.821 bits per heavy atom. The van der Waals surface area contributed by atoms with E-state index in [1.54, 1.807) is 0 Å². The molecule has 0 aliphatic rings. The molecule has 0 aliphatic carbocycles. The minimum Gasteiger partial charge on any atom is -0.496 e. The van der Waals surface area contributed by atoms with E-state index >= 15 is 0 Å². The molecule has 0 saturated carbocycles. The second kappa shape index (κ2) is 17.5. The van der Waals surface area contributed by atoms with E-state index in [-0.39, 0.29) is 5.43 Å². The molecule has 2 nitrogen and oxygen atoms in total. The molecule has 2 aromatic heterocycles. The predicted octanol–water partition coefficient (Wildman–Crippen LogP) is 16.2. The zero-order valence-electron chi connectivity index (χ0n) is 34.8. The van der Waals surface area contributed by atoms with E-state index in [2.05, 4.69) is 153 Å². The van der Waals surface area contributed by atoms with Crippen LogP contribution in [0.3, 0.4) is 0 Å². The number of furan rings is 2. The van der Waals surface area contributed by atoms with E-state index in [1.165, 1.54) is 88.3 Å². The molecule has 6 heteroatoms. The predicted molar refractivity (Wildman–Crippen MR) is 242 cm³/mol. The Bertz CT molecular complexity index is 2510. The molecule has 56 heavy (non-hydrogen) atoms. The van der Waals surface area contributed by atoms with E-state index in [9.17, 15) is 0 Å². The first kappa shape index (κ1) is 42.0. The van der Waals surface area contributed by atoms with Gasteiger partial charge in [0, 0.05) is 0 Å². The third-order valence-electron chi connectivity index (χ3n) is 10.5. The van der Waals surface area contributed by atoms with Gasteiger partial charge in [0.25, 0.3) is 0 Å². The minimum absolute atomic E-state index is 0.224. The van der Waals surface area contributed by atoms with Crippen molar-refractivity contribution >= 4 is 44.0 Å². The Labute approximate surface area is 348 Å². The molecular weight excluding hydrogens is 823 g/mol. The van der Waals surface area contributed by atoms with Crippen LogP contribution in [0, 0.1) is 69.2 Å². The minimum atomic E-state index is -1.65. The second-order valence-corrected chi connectivity index (χ2v) is 38.7. The number of hydrogen-bond donors (Lipinski definition) is 0. The van der Waals surface area contributed by atoms with Crippen LogP contribution in [-0.4, -0.2) is 5.43 Å². The Morgan fingerprint density at radius 3 is 1.11 bits per heavy atom. The van der Waals surface area contributed by atoms with Gasteiger partial charge in [-0.05, 0) is 116 Å². The number of halogens is 2. The van der Waals surface area contributed by atoms with Gasteiger partial charge in [-0.3, -0.25) is 0 Å². The molecule has 8 rings (SSSR count). The molecule has 0 radical (unpaired) electrons. The summed E-state index contributed by atoms with van der Waals surface area (Å²) in [5, 5.41) is 5.16. The van der Waals surface area contributed by atoms with Crippen LogP contribution in [0.5, 0.6) is 0 Å². The fourth-order valence-electron chi connectivity index (χ4n) is 7.65. The van der Waals surface area contributed by atoms with Crippen LogP contribution >= 0.6 is 17.0 Å². The Morgan fingerprint density at radius 1 is 0.482 bits per heavy atom. The maximum atomic E-state index is 5.84. The first-order valence-electron chi connectivity index (χ1n) is 19.2. The average Bonchev–Trinajstić information content (AvgIpc) is 3.92. The molecule has 0 N–H and O–H groups in total. The van der Waals surface area contributed by atoms with Gasteiger partial charge >= 0.3 is 53.5 Å². The zero-order valence-corrected chi connectivity index (χ0v) is 39.8. The third-order valence-corrected chi connectivity index (χ3v) is 30.3. The Hall–Kier alpha value is -3.66. The molecule has 0 spiro atoms. The summed E-state index contributed by atoms with van der Waals surface area (Å²) in [5.41, 5.74) is 17.9. The molecule has 6 aromatic carbocycles. The summed E-state index contributed by atoms with van der Waals surface area (Å²) in [5.74, 6) is 3.77. The van der Waals surface area contributed by atoms with Gasteiger partial charge in [-0.2, -0.15) is 0 Å². The number of hydrogen-bond acceptors (Lipinski definition) is 2. The topological polar surface area (TPSA) is 26.3 Å². The van der Waals surface area contributed by atoms with E-state index in [4.69, 9.17) is 25.9 Å². The summed E-state index contributed by atoms with van der Waals surface area (Å²) >= 11 is -1.65. The molecule has 0 aliphatic heterocycles. The van der Waals surface area contributed by atoms with Crippen LogP contribution < -0.4 is 0 Å². The molecule has 288 valence electrons. The standard InChI is InChI=1S/2C24H23O.C2H6Si.2ClH.Zr/c2*1-14-8-15(2)10-21(9-14)24-18(5)16(3)11-19-12-20(13-22(19)24)23-7-6-17(4)25-23;1-3-2;;;/h2*6-13H,1-5H3;1-2H3;2*1H;/q2*-1;;;;+2/p-2.